The number of thiophene rings is 1. The average molecular weight is 454 g/mol. The van der Waals surface area contributed by atoms with Crippen LogP contribution in [0.15, 0.2) is 34.7 Å². The predicted molar refractivity (Wildman–Crippen MR) is 114 cm³/mol. The second-order valence-corrected chi connectivity index (χ2v) is 7.87. The minimum absolute atomic E-state index is 0.146. The molecule has 0 saturated heterocycles. The van der Waals surface area contributed by atoms with Gasteiger partial charge in [0.1, 0.15) is 11.4 Å². The van der Waals surface area contributed by atoms with Gasteiger partial charge < -0.3 is 10.1 Å². The number of anilines is 1. The van der Waals surface area contributed by atoms with E-state index in [1.54, 1.807) is 17.5 Å². The zero-order valence-electron chi connectivity index (χ0n) is 15.4. The SMILES string of the molecule is CCCCOC(=O)c1csc2ncn(CC(=O)Nc3cc(Cl)ccc3Cl)c(=O)c12. The Morgan fingerprint density at radius 3 is 2.86 bits per heavy atom. The van der Waals surface area contributed by atoms with E-state index in [1.165, 1.54) is 23.7 Å². The third-order valence-corrected chi connectivity index (χ3v) is 5.48. The van der Waals surface area contributed by atoms with Gasteiger partial charge in [-0.2, -0.15) is 0 Å². The van der Waals surface area contributed by atoms with Gasteiger partial charge in [0.05, 0.1) is 34.6 Å². The minimum atomic E-state index is -0.573. The molecule has 152 valence electrons. The van der Waals surface area contributed by atoms with Crippen LogP contribution in [0.25, 0.3) is 10.2 Å². The van der Waals surface area contributed by atoms with E-state index in [1.807, 2.05) is 6.92 Å². The van der Waals surface area contributed by atoms with Gasteiger partial charge in [0.15, 0.2) is 0 Å². The van der Waals surface area contributed by atoms with Gasteiger partial charge in [0.2, 0.25) is 5.91 Å². The van der Waals surface area contributed by atoms with Crippen molar-refractivity contribution < 1.29 is 14.3 Å². The molecule has 2 aromatic heterocycles. The summed E-state index contributed by atoms with van der Waals surface area (Å²) in [5.41, 5.74) is -0.000688. The van der Waals surface area contributed by atoms with Crippen LogP contribution < -0.4 is 10.9 Å². The van der Waals surface area contributed by atoms with Crippen LogP contribution in [0.2, 0.25) is 10.0 Å². The molecule has 2 heterocycles. The first kappa shape index (κ1) is 21.3. The van der Waals surface area contributed by atoms with Crippen molar-refractivity contribution in [3.8, 4) is 0 Å². The van der Waals surface area contributed by atoms with Crippen LogP contribution in [-0.4, -0.2) is 28.0 Å². The molecule has 7 nitrogen and oxygen atoms in total. The molecule has 0 bridgehead atoms. The summed E-state index contributed by atoms with van der Waals surface area (Å²) in [7, 11) is 0. The third kappa shape index (κ3) is 4.95. The molecule has 1 amide bonds. The van der Waals surface area contributed by atoms with Gasteiger partial charge in [-0.05, 0) is 24.6 Å². The van der Waals surface area contributed by atoms with Crippen LogP contribution in [0.3, 0.4) is 0 Å². The summed E-state index contributed by atoms with van der Waals surface area (Å²) in [5.74, 6) is -1.06. The molecule has 0 spiro atoms. The fourth-order valence-corrected chi connectivity index (χ4v) is 3.76. The summed E-state index contributed by atoms with van der Waals surface area (Å²) < 4.78 is 6.33. The number of aromatic nitrogens is 2. The summed E-state index contributed by atoms with van der Waals surface area (Å²) in [4.78, 5) is 42.1. The van der Waals surface area contributed by atoms with Crippen molar-refractivity contribution >= 4 is 62.3 Å². The second-order valence-electron chi connectivity index (χ2n) is 6.17. The van der Waals surface area contributed by atoms with Gasteiger partial charge in [-0.3, -0.25) is 14.2 Å². The molecule has 0 fully saturated rings. The van der Waals surface area contributed by atoms with Crippen molar-refractivity contribution in [3.63, 3.8) is 0 Å². The highest BCUT2D eigenvalue weighted by molar-refractivity contribution is 7.17. The molecule has 0 atom stereocenters. The van der Waals surface area contributed by atoms with Crippen molar-refractivity contribution in [2.75, 3.05) is 11.9 Å². The van der Waals surface area contributed by atoms with E-state index in [4.69, 9.17) is 27.9 Å². The lowest BCUT2D eigenvalue weighted by Gasteiger charge is -2.09. The largest absolute Gasteiger partial charge is 0.462 e. The Morgan fingerprint density at radius 1 is 1.31 bits per heavy atom. The number of carbonyl (C=O) groups excluding carboxylic acids is 2. The normalized spacial score (nSPS) is 10.9. The van der Waals surface area contributed by atoms with Gasteiger partial charge in [-0.15, -0.1) is 11.3 Å². The molecule has 10 heteroatoms. The zero-order chi connectivity index (χ0) is 21.0. The number of rotatable bonds is 7. The fraction of sp³-hybridized carbons (Fsp3) is 0.263. The molecule has 0 saturated carbocycles. The Balaban J connectivity index is 1.83. The van der Waals surface area contributed by atoms with Crippen molar-refractivity contribution in [1.29, 1.82) is 0 Å². The van der Waals surface area contributed by atoms with E-state index in [9.17, 15) is 14.4 Å². The van der Waals surface area contributed by atoms with Gasteiger partial charge in [0, 0.05) is 10.4 Å². The molecule has 0 aliphatic carbocycles. The quantitative estimate of drug-likeness (QED) is 0.423. The Morgan fingerprint density at radius 2 is 2.10 bits per heavy atom. The van der Waals surface area contributed by atoms with E-state index in [-0.39, 0.29) is 24.1 Å². The number of unbranched alkanes of at least 4 members (excludes halogenated alkanes) is 1. The highest BCUT2D eigenvalue weighted by Gasteiger charge is 2.19. The van der Waals surface area contributed by atoms with E-state index in [0.29, 0.717) is 20.6 Å². The fourth-order valence-electron chi connectivity index (χ4n) is 2.56. The van der Waals surface area contributed by atoms with E-state index in [0.717, 1.165) is 17.4 Å². The molecule has 0 unspecified atom stereocenters. The van der Waals surface area contributed by atoms with Crippen LogP contribution in [0.4, 0.5) is 5.69 Å². The number of hydrogen-bond donors (Lipinski definition) is 1. The monoisotopic (exact) mass is 453 g/mol. The van der Waals surface area contributed by atoms with Crippen LogP contribution in [-0.2, 0) is 16.1 Å². The highest BCUT2D eigenvalue weighted by Crippen LogP contribution is 2.25. The lowest BCUT2D eigenvalue weighted by Crippen LogP contribution is -2.28. The molecule has 0 aliphatic rings. The van der Waals surface area contributed by atoms with Gasteiger partial charge in [-0.1, -0.05) is 36.5 Å². The summed E-state index contributed by atoms with van der Waals surface area (Å²) in [6, 6.07) is 4.66. The van der Waals surface area contributed by atoms with Crippen molar-refractivity contribution in [1.82, 2.24) is 9.55 Å². The summed E-state index contributed by atoms with van der Waals surface area (Å²) in [6.07, 6.45) is 2.90. The zero-order valence-corrected chi connectivity index (χ0v) is 17.7. The number of carbonyl (C=O) groups is 2. The van der Waals surface area contributed by atoms with Crippen LogP contribution in [0, 0.1) is 0 Å². The van der Waals surface area contributed by atoms with Crippen molar-refractivity contribution in [2.45, 2.75) is 26.3 Å². The first-order valence-electron chi connectivity index (χ1n) is 8.79. The Kier molecular flexibility index (Phi) is 6.89. The van der Waals surface area contributed by atoms with E-state index < -0.39 is 17.4 Å². The predicted octanol–water partition coefficient (Wildman–Crippen LogP) is 4.36. The number of nitrogens with zero attached hydrogens (tertiary/aromatic N) is 2. The number of hydrogen-bond acceptors (Lipinski definition) is 6. The smallest absolute Gasteiger partial charge is 0.339 e. The number of fused-ring (bicyclic) bond motifs is 1. The number of esters is 1. The topological polar surface area (TPSA) is 90.3 Å². The maximum atomic E-state index is 12.8. The van der Waals surface area contributed by atoms with E-state index >= 15 is 0 Å². The summed E-state index contributed by atoms with van der Waals surface area (Å²) >= 11 is 13.1. The Labute approximate surface area is 180 Å². The van der Waals surface area contributed by atoms with Crippen molar-refractivity contribution in [3.05, 3.63) is 55.9 Å². The van der Waals surface area contributed by atoms with Crippen LogP contribution in [0.5, 0.6) is 0 Å². The lowest BCUT2D eigenvalue weighted by molar-refractivity contribution is -0.116. The summed E-state index contributed by atoms with van der Waals surface area (Å²) in [5, 5.41) is 5.03. The second kappa shape index (κ2) is 9.39. The Bertz CT molecular complexity index is 1130. The first-order chi connectivity index (χ1) is 13.9. The number of benzene rings is 1. The molecule has 1 N–H and O–H groups in total. The standard InChI is InChI=1S/C19H17Cl2N3O4S/c1-2-3-6-28-19(27)12-9-29-17-16(12)18(26)24(10-22-17)8-15(25)23-14-7-11(20)4-5-13(14)21/h4-5,7,9-10H,2-3,6,8H2,1H3,(H,23,25). The third-order valence-electron chi connectivity index (χ3n) is 4.03. The summed E-state index contributed by atoms with van der Waals surface area (Å²) in [6.45, 7) is 1.97. The lowest BCUT2D eigenvalue weighted by atomic mass is 10.2. The van der Waals surface area contributed by atoms with Crippen molar-refractivity contribution in [2.24, 2.45) is 0 Å². The first-order valence-corrected chi connectivity index (χ1v) is 10.4. The molecule has 0 radical (unpaired) electrons. The Hall–Kier alpha value is -2.42. The molecule has 29 heavy (non-hydrogen) atoms. The average Bonchev–Trinajstić information content (AvgIpc) is 3.12. The molecular weight excluding hydrogens is 437 g/mol. The number of ether oxygens (including phenoxy) is 1. The molecular formula is C19H17Cl2N3O4S. The number of halogens is 2. The maximum absolute atomic E-state index is 12.8. The van der Waals surface area contributed by atoms with Gasteiger partial charge in [0.25, 0.3) is 5.56 Å². The molecule has 0 aliphatic heterocycles. The van der Waals surface area contributed by atoms with Crippen LogP contribution in [0.1, 0.15) is 30.1 Å². The molecule has 3 aromatic rings. The number of amides is 1. The van der Waals surface area contributed by atoms with Gasteiger partial charge in [-0.25, -0.2) is 9.78 Å². The molecule has 1 aromatic carbocycles. The maximum Gasteiger partial charge on any atom is 0.339 e. The highest BCUT2D eigenvalue weighted by atomic mass is 35.5. The minimum Gasteiger partial charge on any atom is -0.462 e. The van der Waals surface area contributed by atoms with Crippen LogP contribution >= 0.6 is 34.5 Å². The van der Waals surface area contributed by atoms with Gasteiger partial charge >= 0.3 is 5.97 Å². The molecule has 3 rings (SSSR count). The number of nitrogens with one attached hydrogen (secondary N) is 1. The van der Waals surface area contributed by atoms with E-state index in [2.05, 4.69) is 10.3 Å².